The van der Waals surface area contributed by atoms with Gasteiger partial charge in [0.1, 0.15) is 0 Å². The van der Waals surface area contributed by atoms with Crippen molar-refractivity contribution in [3.63, 3.8) is 0 Å². The number of ether oxygens (including phenoxy) is 1. The fourth-order valence-corrected chi connectivity index (χ4v) is 5.56. The van der Waals surface area contributed by atoms with E-state index < -0.39 is 27.8 Å². The van der Waals surface area contributed by atoms with Gasteiger partial charge in [0.05, 0.1) is 17.1 Å². The Hall–Kier alpha value is -2.42. The van der Waals surface area contributed by atoms with E-state index in [0.717, 1.165) is 12.1 Å². The van der Waals surface area contributed by atoms with Crippen molar-refractivity contribution in [1.29, 1.82) is 0 Å². The molecule has 0 unspecified atom stereocenters. The summed E-state index contributed by atoms with van der Waals surface area (Å²) in [6, 6.07) is 6.14. The van der Waals surface area contributed by atoms with Gasteiger partial charge in [0.2, 0.25) is 5.91 Å². The highest BCUT2D eigenvalue weighted by Crippen LogP contribution is 2.22. The Kier molecular flexibility index (Phi) is 6.26. The van der Waals surface area contributed by atoms with E-state index in [9.17, 15) is 22.8 Å². The van der Waals surface area contributed by atoms with Crippen molar-refractivity contribution in [3.8, 4) is 0 Å². The molecule has 3 rings (SSSR count). The first-order chi connectivity index (χ1) is 13.7. The van der Waals surface area contributed by atoms with E-state index in [1.807, 2.05) is 0 Å². The second kappa shape index (κ2) is 8.52. The number of carbonyl (C=O) groups is 3. The lowest BCUT2D eigenvalue weighted by Crippen LogP contribution is -2.46. The summed E-state index contributed by atoms with van der Waals surface area (Å²) in [5, 5.41) is 0. The van der Waals surface area contributed by atoms with Crippen LogP contribution in [0.15, 0.2) is 24.3 Å². The van der Waals surface area contributed by atoms with Gasteiger partial charge in [-0.05, 0) is 51.0 Å². The van der Waals surface area contributed by atoms with Gasteiger partial charge in [-0.1, -0.05) is 0 Å². The highest BCUT2D eigenvalue weighted by molar-refractivity contribution is 7.91. The molecular formula is C20H26N2O6S. The van der Waals surface area contributed by atoms with E-state index in [1.54, 1.807) is 36.1 Å². The zero-order valence-corrected chi connectivity index (χ0v) is 17.5. The summed E-state index contributed by atoms with van der Waals surface area (Å²) < 4.78 is 28.7. The van der Waals surface area contributed by atoms with E-state index >= 15 is 0 Å². The standard InChI is InChI=1S/C20H26N2O6S/c1-3-21(17-10-12-29(26,27)13-17)19(24)14(2)28-20(25)15-6-8-16(9-7-15)22-11-4-5-18(22)23/h6-9,14,17H,3-5,10-13H2,1-2H3/t14-,17-/m1/s1. The normalized spacial score (nSPS) is 21.8. The van der Waals surface area contributed by atoms with Gasteiger partial charge in [0, 0.05) is 31.2 Å². The smallest absolute Gasteiger partial charge is 0.338 e. The summed E-state index contributed by atoms with van der Waals surface area (Å²) in [5.74, 6) is -0.957. The third-order valence-corrected chi connectivity index (χ3v) is 7.14. The predicted octanol–water partition coefficient (Wildman–Crippen LogP) is 1.39. The van der Waals surface area contributed by atoms with Gasteiger partial charge >= 0.3 is 5.97 Å². The molecule has 0 N–H and O–H groups in total. The first-order valence-electron chi connectivity index (χ1n) is 9.84. The minimum atomic E-state index is -3.12. The molecule has 2 atom stereocenters. The van der Waals surface area contributed by atoms with Crippen molar-refractivity contribution in [1.82, 2.24) is 4.90 Å². The fourth-order valence-electron chi connectivity index (χ4n) is 3.83. The third-order valence-electron chi connectivity index (χ3n) is 5.39. The largest absolute Gasteiger partial charge is 0.449 e. The van der Waals surface area contributed by atoms with Crippen molar-refractivity contribution in [3.05, 3.63) is 29.8 Å². The minimum Gasteiger partial charge on any atom is -0.449 e. The third kappa shape index (κ3) is 4.77. The zero-order valence-electron chi connectivity index (χ0n) is 16.7. The average molecular weight is 423 g/mol. The van der Waals surface area contributed by atoms with Crippen molar-refractivity contribution in [2.45, 2.75) is 45.3 Å². The van der Waals surface area contributed by atoms with Crippen LogP contribution in [0.3, 0.4) is 0 Å². The highest BCUT2D eigenvalue weighted by Gasteiger charge is 2.36. The van der Waals surface area contributed by atoms with Gasteiger partial charge in [0.25, 0.3) is 5.91 Å². The molecule has 0 bridgehead atoms. The molecule has 1 aromatic rings. The number of amides is 2. The van der Waals surface area contributed by atoms with Crippen LogP contribution in [-0.4, -0.2) is 67.8 Å². The second-order valence-electron chi connectivity index (χ2n) is 7.42. The van der Waals surface area contributed by atoms with Gasteiger partial charge in [-0.15, -0.1) is 0 Å². The van der Waals surface area contributed by atoms with Crippen LogP contribution in [-0.2, 0) is 24.2 Å². The summed E-state index contributed by atoms with van der Waals surface area (Å²) in [7, 11) is -3.12. The molecule has 0 aromatic heterocycles. The van der Waals surface area contributed by atoms with Crippen LogP contribution in [0, 0.1) is 0 Å². The molecule has 9 heteroatoms. The quantitative estimate of drug-likeness (QED) is 0.642. The molecule has 0 aliphatic carbocycles. The molecule has 2 fully saturated rings. The number of likely N-dealkylation sites (N-methyl/N-ethyl adjacent to an activating group) is 1. The topological polar surface area (TPSA) is 101 Å². The predicted molar refractivity (Wildman–Crippen MR) is 107 cm³/mol. The van der Waals surface area contributed by atoms with Crippen LogP contribution < -0.4 is 4.90 Å². The Morgan fingerprint density at radius 2 is 1.97 bits per heavy atom. The minimum absolute atomic E-state index is 0.0517. The average Bonchev–Trinajstić information content (AvgIpc) is 3.27. The number of benzene rings is 1. The first-order valence-corrected chi connectivity index (χ1v) is 11.7. The van der Waals surface area contributed by atoms with Gasteiger partial charge in [0.15, 0.2) is 15.9 Å². The van der Waals surface area contributed by atoms with Gasteiger partial charge in [-0.2, -0.15) is 0 Å². The maximum atomic E-state index is 12.7. The Balaban J connectivity index is 1.62. The molecule has 0 radical (unpaired) electrons. The molecule has 2 saturated heterocycles. The van der Waals surface area contributed by atoms with Crippen molar-refractivity contribution >= 4 is 33.3 Å². The number of anilines is 1. The summed E-state index contributed by atoms with van der Waals surface area (Å²) >= 11 is 0. The van der Waals surface area contributed by atoms with Crippen LogP contribution in [0.1, 0.15) is 43.5 Å². The number of sulfone groups is 1. The molecule has 158 valence electrons. The van der Waals surface area contributed by atoms with Crippen molar-refractivity contribution in [2.24, 2.45) is 0 Å². The maximum Gasteiger partial charge on any atom is 0.338 e. The number of hydrogen-bond acceptors (Lipinski definition) is 6. The molecule has 8 nitrogen and oxygen atoms in total. The molecule has 2 amide bonds. The lowest BCUT2D eigenvalue weighted by Gasteiger charge is -2.29. The summed E-state index contributed by atoms with van der Waals surface area (Å²) in [6.45, 7) is 4.27. The lowest BCUT2D eigenvalue weighted by atomic mass is 10.2. The van der Waals surface area contributed by atoms with Crippen LogP contribution in [0.25, 0.3) is 0 Å². The SMILES string of the molecule is CCN(C(=O)[C@@H](C)OC(=O)c1ccc(N2CCCC2=O)cc1)[C@@H]1CCS(=O)(=O)C1. The molecule has 2 aliphatic heterocycles. The number of nitrogens with zero attached hydrogens (tertiary/aromatic N) is 2. The van der Waals surface area contributed by atoms with Crippen molar-refractivity contribution in [2.75, 3.05) is 29.5 Å². The summed E-state index contributed by atoms with van der Waals surface area (Å²) in [5.41, 5.74) is 1.01. The molecule has 1 aromatic carbocycles. The molecule has 0 spiro atoms. The number of hydrogen-bond donors (Lipinski definition) is 0. The molecule has 2 heterocycles. The Labute approximate surface area is 170 Å². The first kappa shape index (κ1) is 21.3. The highest BCUT2D eigenvalue weighted by atomic mass is 32.2. The molecule has 29 heavy (non-hydrogen) atoms. The summed E-state index contributed by atoms with van der Waals surface area (Å²) in [4.78, 5) is 40.1. The summed E-state index contributed by atoms with van der Waals surface area (Å²) in [6.07, 6.45) is 0.725. The van der Waals surface area contributed by atoms with Crippen molar-refractivity contribution < 1.29 is 27.5 Å². The maximum absolute atomic E-state index is 12.7. The van der Waals surface area contributed by atoms with Gasteiger partial charge in [-0.3, -0.25) is 9.59 Å². The fraction of sp³-hybridized carbons (Fsp3) is 0.550. The van der Waals surface area contributed by atoms with Gasteiger partial charge in [-0.25, -0.2) is 13.2 Å². The van der Waals surface area contributed by atoms with Gasteiger partial charge < -0.3 is 14.5 Å². The second-order valence-corrected chi connectivity index (χ2v) is 9.65. The number of carbonyl (C=O) groups excluding carboxylic acids is 3. The van der Waals surface area contributed by atoms with E-state index in [-0.39, 0.29) is 29.0 Å². The monoisotopic (exact) mass is 422 g/mol. The molecule has 0 saturated carbocycles. The lowest BCUT2D eigenvalue weighted by molar-refractivity contribution is -0.141. The molecular weight excluding hydrogens is 396 g/mol. The zero-order chi connectivity index (χ0) is 21.2. The Bertz CT molecular complexity index is 896. The van der Waals surface area contributed by atoms with E-state index in [4.69, 9.17) is 4.74 Å². The Morgan fingerprint density at radius 1 is 1.28 bits per heavy atom. The van der Waals surface area contributed by atoms with Crippen LogP contribution >= 0.6 is 0 Å². The van der Waals surface area contributed by atoms with Crippen LogP contribution in [0.5, 0.6) is 0 Å². The molecule has 2 aliphatic rings. The van der Waals surface area contributed by atoms with Crippen LogP contribution in [0.2, 0.25) is 0 Å². The Morgan fingerprint density at radius 3 is 2.48 bits per heavy atom. The number of rotatable bonds is 6. The van der Waals surface area contributed by atoms with E-state index in [2.05, 4.69) is 0 Å². The number of esters is 1. The van der Waals surface area contributed by atoms with Crippen LogP contribution in [0.4, 0.5) is 5.69 Å². The van der Waals surface area contributed by atoms with E-state index in [0.29, 0.717) is 25.9 Å². The van der Waals surface area contributed by atoms with E-state index in [1.165, 1.54) is 11.8 Å².